The molecule has 0 aliphatic carbocycles. The number of halogens is 3. The van der Waals surface area contributed by atoms with Crippen molar-refractivity contribution >= 4 is 83.0 Å². The van der Waals surface area contributed by atoms with Gasteiger partial charge in [0.1, 0.15) is 23.9 Å². The topological polar surface area (TPSA) is 57.3 Å². The molecule has 3 heterocycles. The predicted molar refractivity (Wildman–Crippen MR) is 297 cm³/mol. The molecular formula is C59H59BF2IN3O5. The molecule has 0 atom stereocenters. The van der Waals surface area contributed by atoms with Gasteiger partial charge in [0.25, 0.3) is 0 Å². The number of unbranched alkanes of at least 4 members (excludes halogenated alkanes) is 1. The summed E-state index contributed by atoms with van der Waals surface area (Å²) in [5.74, 6) is 2.19. The van der Waals surface area contributed by atoms with Crippen molar-refractivity contribution in [2.24, 2.45) is 0 Å². The van der Waals surface area contributed by atoms with E-state index in [4.69, 9.17) is 23.7 Å². The number of nitrogens with zero attached hydrogens (tertiary/aromatic N) is 3. The fourth-order valence-electron chi connectivity index (χ4n) is 8.44. The Kier molecular flexibility index (Phi) is 17.1. The molecule has 2 aliphatic rings. The van der Waals surface area contributed by atoms with Crippen LogP contribution in [-0.2, 0) is 9.47 Å². The number of aromatic nitrogens is 1. The number of ether oxygens (including phenoxy) is 5. The van der Waals surface area contributed by atoms with Gasteiger partial charge in [0.2, 0.25) is 0 Å². The lowest BCUT2D eigenvalue weighted by atomic mass is 9.83. The Balaban J connectivity index is 1.29. The van der Waals surface area contributed by atoms with E-state index in [-0.39, 0.29) is 0 Å². The average Bonchev–Trinajstić information content (AvgIpc) is 3.96. The monoisotopic (exact) mass is 1070 g/mol. The van der Waals surface area contributed by atoms with Crippen molar-refractivity contribution < 1.29 is 36.8 Å². The minimum atomic E-state index is -4.54. The van der Waals surface area contributed by atoms with E-state index in [1.165, 1.54) is 8.96 Å². The molecule has 12 heteroatoms. The first-order valence-corrected chi connectivity index (χ1v) is 25.0. The number of rotatable bonds is 22. The van der Waals surface area contributed by atoms with E-state index >= 15 is 8.63 Å². The molecule has 364 valence electrons. The highest BCUT2D eigenvalue weighted by Gasteiger charge is 2.56. The van der Waals surface area contributed by atoms with Gasteiger partial charge in [0.15, 0.2) is 11.4 Å². The normalized spacial score (nSPS) is 14.3. The number of fused-ring (bicyclic) bond motifs is 2. The summed E-state index contributed by atoms with van der Waals surface area (Å²) in [6.45, 7) is 0.0973. The molecule has 2 aliphatic heterocycles. The highest BCUT2D eigenvalue weighted by Crippen LogP contribution is 2.46. The van der Waals surface area contributed by atoms with E-state index in [1.54, 1.807) is 26.4 Å². The molecule has 8 nitrogen and oxygen atoms in total. The largest absolute Gasteiger partial charge is 0.737 e. The van der Waals surface area contributed by atoms with Gasteiger partial charge in [0.05, 0.1) is 39.1 Å². The number of methoxy groups -OCH3 is 2. The fraction of sp³-hybridized carbons (Fsp3) is 0.203. The Hall–Kier alpha value is -6.74. The molecule has 8 rings (SSSR count). The molecule has 0 fully saturated rings. The van der Waals surface area contributed by atoms with Crippen molar-refractivity contribution in [2.75, 3.05) is 66.2 Å². The van der Waals surface area contributed by atoms with Gasteiger partial charge >= 0.3 is 6.97 Å². The van der Waals surface area contributed by atoms with Crippen LogP contribution in [-0.4, -0.2) is 83.0 Å². The van der Waals surface area contributed by atoms with Crippen molar-refractivity contribution in [2.45, 2.75) is 19.8 Å². The summed E-state index contributed by atoms with van der Waals surface area (Å²) in [7, 11) is 7.26. The van der Waals surface area contributed by atoms with Crippen LogP contribution in [0.4, 0.5) is 14.3 Å². The third kappa shape index (κ3) is 12.4. The van der Waals surface area contributed by atoms with Crippen LogP contribution in [0.2, 0.25) is 0 Å². The van der Waals surface area contributed by atoms with Crippen molar-refractivity contribution in [1.82, 2.24) is 4.48 Å². The first-order chi connectivity index (χ1) is 34.6. The first-order valence-electron chi connectivity index (χ1n) is 23.9. The molecule has 0 radical (unpaired) electrons. The predicted octanol–water partition coefficient (Wildman–Crippen LogP) is 13.5. The number of benzene rings is 5. The van der Waals surface area contributed by atoms with E-state index in [2.05, 4.69) is 41.6 Å². The quantitative estimate of drug-likeness (QED) is 0.0384. The van der Waals surface area contributed by atoms with Gasteiger partial charge in [-0.2, -0.15) is 0 Å². The molecule has 0 amide bonds. The highest BCUT2D eigenvalue weighted by molar-refractivity contribution is 14.1. The maximum atomic E-state index is 18.5. The van der Waals surface area contributed by atoms with Crippen LogP contribution < -0.4 is 19.1 Å². The lowest BCUT2D eigenvalue weighted by Crippen LogP contribution is -2.51. The van der Waals surface area contributed by atoms with Crippen molar-refractivity contribution in [1.29, 1.82) is 0 Å². The van der Waals surface area contributed by atoms with Crippen molar-refractivity contribution in [3.63, 3.8) is 0 Å². The second kappa shape index (κ2) is 23.9. The summed E-state index contributed by atoms with van der Waals surface area (Å²) in [5, 5.41) is 0. The van der Waals surface area contributed by atoms with Crippen LogP contribution >= 0.6 is 22.6 Å². The van der Waals surface area contributed by atoms with Gasteiger partial charge in [0, 0.05) is 59.6 Å². The van der Waals surface area contributed by atoms with Crippen LogP contribution in [0.3, 0.4) is 0 Å². The smallest absolute Gasteiger partial charge is 0.497 e. The third-order valence-corrected chi connectivity index (χ3v) is 12.9. The summed E-state index contributed by atoms with van der Waals surface area (Å²) < 4.78 is 68.4. The Morgan fingerprint density at radius 2 is 1.17 bits per heavy atom. The summed E-state index contributed by atoms with van der Waals surface area (Å²) in [6.07, 6.45) is 19.1. The zero-order chi connectivity index (χ0) is 49.7. The molecule has 0 spiro atoms. The van der Waals surface area contributed by atoms with Crippen LogP contribution in [0, 0.1) is 3.57 Å². The van der Waals surface area contributed by atoms with Gasteiger partial charge in [-0.25, -0.2) is 0 Å². The first kappa shape index (κ1) is 50.6. The summed E-state index contributed by atoms with van der Waals surface area (Å²) >= 11 is 2.29. The summed E-state index contributed by atoms with van der Waals surface area (Å²) in [6, 6.07) is 41.2. The Labute approximate surface area is 430 Å². The lowest BCUT2D eigenvalue weighted by Gasteiger charge is -2.34. The van der Waals surface area contributed by atoms with Gasteiger partial charge in [-0.05, 0) is 147 Å². The van der Waals surface area contributed by atoms with Crippen LogP contribution in [0.15, 0.2) is 157 Å². The number of anilines is 1. The Morgan fingerprint density at radius 1 is 0.620 bits per heavy atom. The molecule has 1 aromatic heterocycles. The van der Waals surface area contributed by atoms with Crippen LogP contribution in [0.5, 0.6) is 17.2 Å². The summed E-state index contributed by atoms with van der Waals surface area (Å²) in [4.78, 5) is 2.05. The standard InChI is InChI=1S/C59H59BF2IN3O5/c1-6-7-36-70-55-32-18-46(19-33-55)13-29-53-41-48(20-8-43-10-26-51(27-11-43)64(2)3)58-57(47-22-24-50(63)25-23-47)59-49(21-9-44-16-34-56(35-17-44)71-40-39-69-38-37-67-4)42-52(65(59)60(61,62)66(53)58)28-12-45-14-30-54(68-5)31-15-45/h8-35,41-42H,6-7,36-40H2,1-5H3/b20-8+,21-9+,28-12+,29-13+. The van der Waals surface area contributed by atoms with E-state index in [9.17, 15) is 0 Å². The molecular weight excluding hydrogens is 1010 g/mol. The van der Waals surface area contributed by atoms with E-state index < -0.39 is 6.97 Å². The summed E-state index contributed by atoms with van der Waals surface area (Å²) in [5.41, 5.74) is 8.95. The maximum Gasteiger partial charge on any atom is 0.737 e. The SMILES string of the molecule is CCCCOc1ccc(/C=C/c2cc(/C=C/c3ccc(N(C)C)cc3)c3n2[B-](F)(F)[N+]2=C(/C=C/c4ccc(OC)cc4)C=C(/C=C/c4ccc(OCCOCCOC)cc4)C2=C3c2ccc(I)cc2)cc1. The number of allylic oxidation sites excluding steroid dienone is 3. The van der Waals surface area contributed by atoms with Gasteiger partial charge in [-0.1, -0.05) is 98.3 Å². The average molecular weight is 1070 g/mol. The molecule has 0 saturated carbocycles. The van der Waals surface area contributed by atoms with E-state index in [0.29, 0.717) is 84.0 Å². The lowest BCUT2D eigenvalue weighted by molar-refractivity contribution is -0.361. The Morgan fingerprint density at radius 3 is 1.76 bits per heavy atom. The van der Waals surface area contributed by atoms with Crippen LogP contribution in [0.25, 0.3) is 42.0 Å². The van der Waals surface area contributed by atoms with Gasteiger partial charge in [-0.3, -0.25) is 0 Å². The van der Waals surface area contributed by atoms with Crippen LogP contribution in [0.1, 0.15) is 64.5 Å². The molecule has 0 unspecified atom stereocenters. The molecule has 71 heavy (non-hydrogen) atoms. The van der Waals surface area contributed by atoms with E-state index in [1.807, 2.05) is 177 Å². The zero-order valence-corrected chi connectivity index (χ0v) is 43.0. The second-order valence-electron chi connectivity index (χ2n) is 17.3. The zero-order valence-electron chi connectivity index (χ0n) is 40.9. The van der Waals surface area contributed by atoms with E-state index in [0.717, 1.165) is 55.7 Å². The van der Waals surface area contributed by atoms with Gasteiger partial charge in [-0.15, -0.1) is 0 Å². The molecule has 0 saturated heterocycles. The highest BCUT2D eigenvalue weighted by atomic mass is 127. The number of hydrogen-bond acceptors (Lipinski definition) is 6. The van der Waals surface area contributed by atoms with Gasteiger partial charge < -0.3 is 46.2 Å². The minimum absolute atomic E-state index is 0.353. The molecule has 0 bridgehead atoms. The molecule has 0 N–H and O–H groups in total. The fourth-order valence-corrected chi connectivity index (χ4v) is 8.80. The van der Waals surface area contributed by atoms with Crippen molar-refractivity contribution in [3.05, 3.63) is 205 Å². The third-order valence-electron chi connectivity index (χ3n) is 12.2. The second-order valence-corrected chi connectivity index (χ2v) is 18.6. The van der Waals surface area contributed by atoms with Crippen molar-refractivity contribution in [3.8, 4) is 17.2 Å². The number of hydrogen-bond donors (Lipinski definition) is 0. The maximum absolute atomic E-state index is 18.5. The molecule has 6 aromatic rings. The minimum Gasteiger partial charge on any atom is -0.497 e. The Bertz CT molecular complexity index is 2990. The molecule has 5 aromatic carbocycles.